The Kier molecular flexibility index (Phi) is 6.18. The van der Waals surface area contributed by atoms with Gasteiger partial charge in [-0.05, 0) is 79.2 Å². The second-order valence-electron chi connectivity index (χ2n) is 8.44. The van der Waals surface area contributed by atoms with E-state index in [9.17, 15) is 4.79 Å². The van der Waals surface area contributed by atoms with Crippen molar-refractivity contribution in [3.05, 3.63) is 76.7 Å². The van der Waals surface area contributed by atoms with Crippen LogP contribution in [0, 0.1) is 0 Å². The van der Waals surface area contributed by atoms with Crippen LogP contribution in [-0.2, 0) is 0 Å². The largest absolute Gasteiger partial charge is 0.496 e. The molecule has 0 radical (unpaired) electrons. The van der Waals surface area contributed by atoms with E-state index in [1.165, 1.54) is 5.56 Å². The van der Waals surface area contributed by atoms with Gasteiger partial charge >= 0.3 is 0 Å². The summed E-state index contributed by atoms with van der Waals surface area (Å²) < 4.78 is 11.2. The van der Waals surface area contributed by atoms with Crippen LogP contribution in [0.3, 0.4) is 0 Å². The zero-order valence-electron chi connectivity index (χ0n) is 19.4. The maximum absolute atomic E-state index is 12.8. The van der Waals surface area contributed by atoms with Crippen molar-refractivity contribution in [3.63, 3.8) is 0 Å². The number of benzene rings is 2. The average molecular weight is 457 g/mol. The molecule has 2 aromatic heterocycles. The first-order valence-corrected chi connectivity index (χ1v) is 11.5. The van der Waals surface area contributed by atoms with E-state index >= 15 is 0 Å². The van der Waals surface area contributed by atoms with E-state index in [1.807, 2.05) is 30.3 Å². The van der Waals surface area contributed by atoms with E-state index in [0.717, 1.165) is 42.6 Å². The summed E-state index contributed by atoms with van der Waals surface area (Å²) in [5.74, 6) is 2.36. The quantitative estimate of drug-likeness (QED) is 0.386. The van der Waals surface area contributed by atoms with E-state index in [1.54, 1.807) is 20.4 Å². The molecule has 3 heterocycles. The van der Waals surface area contributed by atoms with Crippen molar-refractivity contribution < 1.29 is 9.47 Å². The minimum atomic E-state index is -0.197. The van der Waals surface area contributed by atoms with E-state index in [0.29, 0.717) is 34.3 Å². The molecule has 5 rings (SSSR count). The topological polar surface area (TPSA) is 88.3 Å². The number of methoxy groups -OCH3 is 2. The maximum Gasteiger partial charge on any atom is 0.259 e. The zero-order valence-corrected chi connectivity index (χ0v) is 19.4. The third-order valence-corrected chi connectivity index (χ3v) is 6.42. The maximum atomic E-state index is 12.8. The van der Waals surface area contributed by atoms with Gasteiger partial charge in [0.25, 0.3) is 5.56 Å². The van der Waals surface area contributed by atoms with Crippen molar-refractivity contribution in [2.45, 2.75) is 18.8 Å². The number of hydrogen-bond donors (Lipinski definition) is 3. The number of hydrogen-bond acceptors (Lipinski definition) is 6. The first-order valence-electron chi connectivity index (χ1n) is 11.5. The summed E-state index contributed by atoms with van der Waals surface area (Å²) in [6.07, 6.45) is 3.94. The molecule has 7 nitrogen and oxygen atoms in total. The van der Waals surface area contributed by atoms with Crippen LogP contribution in [-0.4, -0.2) is 37.3 Å². The Labute approximate surface area is 198 Å². The third-order valence-electron chi connectivity index (χ3n) is 6.42. The standard InChI is InChI=1S/C27H28N4O3/c1-33-22-4-3-5-23(34-2)25(22)21-16-19-12-15-29-27(32)24(19)26(31-21)30-20-8-6-17(7-9-20)18-10-13-28-14-11-18/h3-9,12,15-16,18,28H,10-11,13-14H2,1-2H3,(H,29,32)(H,30,31). The monoisotopic (exact) mass is 456 g/mol. The first-order chi connectivity index (χ1) is 16.7. The molecule has 4 aromatic rings. The summed E-state index contributed by atoms with van der Waals surface area (Å²) in [7, 11) is 3.24. The minimum absolute atomic E-state index is 0.197. The Morgan fingerprint density at radius 2 is 1.68 bits per heavy atom. The summed E-state index contributed by atoms with van der Waals surface area (Å²) in [6, 6.07) is 17.8. The number of pyridine rings is 2. The number of aromatic nitrogens is 2. The lowest BCUT2D eigenvalue weighted by Crippen LogP contribution is -2.26. The van der Waals surface area contributed by atoms with Gasteiger partial charge in [-0.15, -0.1) is 0 Å². The number of anilines is 2. The van der Waals surface area contributed by atoms with Crippen LogP contribution in [0.15, 0.2) is 65.6 Å². The van der Waals surface area contributed by atoms with E-state index in [2.05, 4.69) is 39.9 Å². The lowest BCUT2D eigenvalue weighted by atomic mass is 9.90. The molecule has 0 aliphatic carbocycles. The molecule has 1 aliphatic heterocycles. The van der Waals surface area contributed by atoms with Crippen molar-refractivity contribution in [2.24, 2.45) is 0 Å². The van der Waals surface area contributed by atoms with Gasteiger partial charge in [0.05, 0.1) is 30.9 Å². The Hall–Kier alpha value is -3.84. The van der Waals surface area contributed by atoms with Crippen LogP contribution in [0.4, 0.5) is 11.5 Å². The Balaban J connectivity index is 1.58. The lowest BCUT2D eigenvalue weighted by molar-refractivity contribution is 0.397. The SMILES string of the molecule is COc1cccc(OC)c1-c1cc2cc[nH]c(=O)c2c(Nc2ccc(C3CCNCC3)cc2)n1. The Morgan fingerprint density at radius 3 is 2.35 bits per heavy atom. The first kappa shape index (κ1) is 22.0. The second-order valence-corrected chi connectivity index (χ2v) is 8.44. The van der Waals surface area contributed by atoms with Crippen molar-refractivity contribution in [1.82, 2.24) is 15.3 Å². The van der Waals surface area contributed by atoms with Crippen LogP contribution in [0.25, 0.3) is 22.0 Å². The molecule has 1 aliphatic rings. The fourth-order valence-electron chi connectivity index (χ4n) is 4.67. The van der Waals surface area contributed by atoms with Crippen molar-refractivity contribution in [2.75, 3.05) is 32.6 Å². The molecule has 7 heteroatoms. The van der Waals surface area contributed by atoms with Gasteiger partial charge < -0.3 is 25.1 Å². The molecule has 0 atom stereocenters. The molecule has 0 bridgehead atoms. The molecule has 1 fully saturated rings. The molecule has 0 amide bonds. The molecule has 34 heavy (non-hydrogen) atoms. The van der Waals surface area contributed by atoms with E-state index in [-0.39, 0.29) is 5.56 Å². The highest BCUT2D eigenvalue weighted by molar-refractivity contribution is 5.96. The Morgan fingerprint density at radius 1 is 0.971 bits per heavy atom. The number of fused-ring (bicyclic) bond motifs is 1. The van der Waals surface area contributed by atoms with Gasteiger partial charge in [0, 0.05) is 11.9 Å². The van der Waals surface area contributed by atoms with Gasteiger partial charge in [0.15, 0.2) is 0 Å². The normalized spacial score (nSPS) is 14.2. The summed E-state index contributed by atoms with van der Waals surface area (Å²) in [4.78, 5) is 20.4. The minimum Gasteiger partial charge on any atom is -0.496 e. The zero-order chi connectivity index (χ0) is 23.5. The molecule has 174 valence electrons. The van der Waals surface area contributed by atoms with Crippen LogP contribution in [0.1, 0.15) is 24.3 Å². The highest BCUT2D eigenvalue weighted by Gasteiger charge is 2.18. The molecule has 0 saturated carbocycles. The fourth-order valence-corrected chi connectivity index (χ4v) is 4.67. The summed E-state index contributed by atoms with van der Waals surface area (Å²) in [6.45, 7) is 2.12. The van der Waals surface area contributed by atoms with Gasteiger partial charge in [0.2, 0.25) is 0 Å². The number of piperidine rings is 1. The van der Waals surface area contributed by atoms with Crippen LogP contribution < -0.4 is 25.7 Å². The smallest absolute Gasteiger partial charge is 0.259 e. The average Bonchev–Trinajstić information content (AvgIpc) is 2.89. The molecule has 0 spiro atoms. The molecule has 3 N–H and O–H groups in total. The lowest BCUT2D eigenvalue weighted by Gasteiger charge is -2.23. The van der Waals surface area contributed by atoms with Crippen LogP contribution >= 0.6 is 0 Å². The second kappa shape index (κ2) is 9.57. The number of aromatic amines is 1. The number of H-pyrrole nitrogens is 1. The number of rotatable bonds is 6. The molecule has 0 unspecified atom stereocenters. The summed E-state index contributed by atoms with van der Waals surface area (Å²) >= 11 is 0. The molecular formula is C27H28N4O3. The van der Waals surface area contributed by atoms with Crippen LogP contribution in [0.2, 0.25) is 0 Å². The predicted molar refractivity (Wildman–Crippen MR) is 135 cm³/mol. The van der Waals surface area contributed by atoms with E-state index in [4.69, 9.17) is 14.5 Å². The van der Waals surface area contributed by atoms with Gasteiger partial charge in [-0.1, -0.05) is 18.2 Å². The summed E-state index contributed by atoms with van der Waals surface area (Å²) in [5.41, 5.74) is 3.41. The van der Waals surface area contributed by atoms with Gasteiger partial charge in [-0.2, -0.15) is 0 Å². The van der Waals surface area contributed by atoms with E-state index < -0.39 is 0 Å². The van der Waals surface area contributed by atoms with Gasteiger partial charge in [0.1, 0.15) is 17.3 Å². The summed E-state index contributed by atoms with van der Waals surface area (Å²) in [5, 5.41) is 8.07. The van der Waals surface area contributed by atoms with Gasteiger partial charge in [-0.25, -0.2) is 4.98 Å². The number of nitrogens with one attached hydrogen (secondary N) is 3. The highest BCUT2D eigenvalue weighted by atomic mass is 16.5. The van der Waals surface area contributed by atoms with Gasteiger partial charge in [-0.3, -0.25) is 4.79 Å². The van der Waals surface area contributed by atoms with Crippen molar-refractivity contribution in [3.8, 4) is 22.8 Å². The molecule has 1 saturated heterocycles. The molecule has 2 aromatic carbocycles. The third kappa shape index (κ3) is 4.22. The van der Waals surface area contributed by atoms with Crippen molar-refractivity contribution >= 4 is 22.3 Å². The predicted octanol–water partition coefficient (Wildman–Crippen LogP) is 4.82. The fraction of sp³-hybridized carbons (Fsp3) is 0.259. The number of ether oxygens (including phenoxy) is 2. The highest BCUT2D eigenvalue weighted by Crippen LogP contribution is 2.39. The van der Waals surface area contributed by atoms with Crippen molar-refractivity contribution in [1.29, 1.82) is 0 Å². The Bertz CT molecular complexity index is 1340. The molecular weight excluding hydrogens is 428 g/mol. The van der Waals surface area contributed by atoms with Crippen LogP contribution in [0.5, 0.6) is 11.5 Å². The number of nitrogens with zero attached hydrogens (tertiary/aromatic N) is 1.